The van der Waals surface area contributed by atoms with Crippen molar-refractivity contribution in [3.63, 3.8) is 0 Å². The molecule has 0 radical (unpaired) electrons. The highest BCUT2D eigenvalue weighted by molar-refractivity contribution is 7.92. The fourth-order valence-corrected chi connectivity index (χ4v) is 4.12. The summed E-state index contributed by atoms with van der Waals surface area (Å²) >= 11 is 0. The lowest BCUT2D eigenvalue weighted by molar-refractivity contribution is 0.495. The van der Waals surface area contributed by atoms with Gasteiger partial charge in [0.15, 0.2) is 5.89 Å². The Hall–Kier alpha value is -2.60. The molecule has 0 fully saturated rings. The van der Waals surface area contributed by atoms with Crippen LogP contribution in [0.3, 0.4) is 0 Å². The molecule has 3 aromatic rings. The summed E-state index contributed by atoms with van der Waals surface area (Å²) in [5.74, 6) is 1.30. The minimum Gasteiger partial charge on any atom is -0.446 e. The van der Waals surface area contributed by atoms with Gasteiger partial charge in [0.1, 0.15) is 11.5 Å². The summed E-state index contributed by atoms with van der Waals surface area (Å²) in [6, 6.07) is 12.4. The van der Waals surface area contributed by atoms with Crippen LogP contribution in [0.25, 0.3) is 11.3 Å². The predicted octanol–water partition coefficient (Wildman–Crippen LogP) is 4.63. The fourth-order valence-electron chi connectivity index (χ4n) is 2.95. The number of para-hydroxylation sites is 1. The third-order valence-electron chi connectivity index (χ3n) is 4.32. The number of benzene rings is 2. The number of aryl methyl sites for hydroxylation is 4. The maximum Gasteiger partial charge on any atom is 0.261 e. The van der Waals surface area contributed by atoms with E-state index in [4.69, 9.17) is 4.42 Å². The summed E-state index contributed by atoms with van der Waals surface area (Å²) in [5.41, 5.74) is 4.08. The van der Waals surface area contributed by atoms with Crippen LogP contribution in [0.5, 0.6) is 0 Å². The van der Waals surface area contributed by atoms with Gasteiger partial charge in [-0.2, -0.15) is 0 Å². The molecule has 1 aromatic heterocycles. The standard InChI is InChI=1S/C20H22N2O3S/c1-5-16-8-6-7-13(2)19(16)22-26(23,24)18-11-9-17(10-12-18)20-14(3)25-15(4)21-20/h6-12,22H,5H2,1-4H3. The van der Waals surface area contributed by atoms with Crippen LogP contribution in [0.4, 0.5) is 5.69 Å². The van der Waals surface area contributed by atoms with Crippen LogP contribution in [0.15, 0.2) is 51.8 Å². The zero-order chi connectivity index (χ0) is 18.9. The van der Waals surface area contributed by atoms with Crippen molar-refractivity contribution < 1.29 is 12.8 Å². The van der Waals surface area contributed by atoms with Crippen molar-refractivity contribution in [2.45, 2.75) is 39.0 Å². The second-order valence-electron chi connectivity index (χ2n) is 6.23. The molecule has 6 heteroatoms. The van der Waals surface area contributed by atoms with Gasteiger partial charge < -0.3 is 4.42 Å². The Morgan fingerprint density at radius 2 is 1.73 bits per heavy atom. The van der Waals surface area contributed by atoms with Crippen LogP contribution < -0.4 is 4.72 Å². The molecule has 3 rings (SSSR count). The average Bonchev–Trinajstić information content (AvgIpc) is 2.95. The molecule has 0 spiro atoms. The summed E-state index contributed by atoms with van der Waals surface area (Å²) < 4.78 is 33.8. The van der Waals surface area contributed by atoms with Crippen molar-refractivity contribution >= 4 is 15.7 Å². The quantitative estimate of drug-likeness (QED) is 0.711. The molecule has 1 heterocycles. The van der Waals surface area contributed by atoms with Crippen LogP contribution >= 0.6 is 0 Å². The monoisotopic (exact) mass is 370 g/mol. The molecule has 0 amide bonds. The highest BCUT2D eigenvalue weighted by Crippen LogP contribution is 2.27. The zero-order valence-corrected chi connectivity index (χ0v) is 16.1. The van der Waals surface area contributed by atoms with Crippen molar-refractivity contribution in [1.82, 2.24) is 4.98 Å². The van der Waals surface area contributed by atoms with E-state index in [1.54, 1.807) is 31.2 Å². The van der Waals surface area contributed by atoms with Gasteiger partial charge in [-0.25, -0.2) is 13.4 Å². The van der Waals surface area contributed by atoms with E-state index in [2.05, 4.69) is 9.71 Å². The summed E-state index contributed by atoms with van der Waals surface area (Å²) in [7, 11) is -3.67. The highest BCUT2D eigenvalue weighted by Gasteiger charge is 2.18. The third kappa shape index (κ3) is 3.51. The van der Waals surface area contributed by atoms with Gasteiger partial charge in [0, 0.05) is 12.5 Å². The Labute approximate surface area is 154 Å². The van der Waals surface area contributed by atoms with Gasteiger partial charge in [-0.1, -0.05) is 37.3 Å². The first-order valence-corrected chi connectivity index (χ1v) is 9.96. The van der Waals surface area contributed by atoms with Crippen LogP contribution in [-0.4, -0.2) is 13.4 Å². The minimum atomic E-state index is -3.67. The molecule has 0 aliphatic carbocycles. The Kier molecular flexibility index (Phi) is 4.87. The van der Waals surface area contributed by atoms with Gasteiger partial charge >= 0.3 is 0 Å². The van der Waals surface area contributed by atoms with Crippen molar-refractivity contribution in [3.8, 4) is 11.3 Å². The summed E-state index contributed by atoms with van der Waals surface area (Å²) in [6.07, 6.45) is 0.753. The minimum absolute atomic E-state index is 0.212. The Morgan fingerprint density at radius 3 is 2.31 bits per heavy atom. The second kappa shape index (κ2) is 6.96. The number of hydrogen-bond donors (Lipinski definition) is 1. The third-order valence-corrected chi connectivity index (χ3v) is 5.68. The van der Waals surface area contributed by atoms with Gasteiger partial charge in [-0.15, -0.1) is 0 Å². The van der Waals surface area contributed by atoms with Crippen LogP contribution in [0.2, 0.25) is 0 Å². The topological polar surface area (TPSA) is 72.2 Å². The van der Waals surface area contributed by atoms with E-state index in [1.807, 2.05) is 39.0 Å². The predicted molar refractivity (Wildman–Crippen MR) is 103 cm³/mol. The normalized spacial score (nSPS) is 11.5. The van der Waals surface area contributed by atoms with Crippen LogP contribution in [0.1, 0.15) is 29.7 Å². The molecule has 0 bridgehead atoms. The molecule has 136 valence electrons. The first-order chi connectivity index (χ1) is 12.3. The molecular formula is C20H22N2O3S. The first kappa shape index (κ1) is 18.2. The molecule has 0 atom stereocenters. The van der Waals surface area contributed by atoms with E-state index in [1.165, 1.54) is 0 Å². The van der Waals surface area contributed by atoms with Crippen molar-refractivity contribution in [2.24, 2.45) is 0 Å². The number of hydrogen-bond acceptors (Lipinski definition) is 4. The molecule has 2 aromatic carbocycles. The molecule has 5 nitrogen and oxygen atoms in total. The largest absolute Gasteiger partial charge is 0.446 e. The molecule has 0 aliphatic heterocycles. The summed E-state index contributed by atoms with van der Waals surface area (Å²) in [6.45, 7) is 7.53. The average molecular weight is 370 g/mol. The van der Waals surface area contributed by atoms with Gasteiger partial charge in [-0.3, -0.25) is 4.72 Å². The number of anilines is 1. The second-order valence-corrected chi connectivity index (χ2v) is 7.91. The van der Waals surface area contributed by atoms with E-state index in [0.717, 1.165) is 28.8 Å². The van der Waals surface area contributed by atoms with Gasteiger partial charge in [0.25, 0.3) is 10.0 Å². The van der Waals surface area contributed by atoms with Gasteiger partial charge in [0.2, 0.25) is 0 Å². The number of oxazole rings is 1. The highest BCUT2D eigenvalue weighted by atomic mass is 32.2. The lowest BCUT2D eigenvalue weighted by Gasteiger charge is -2.14. The molecule has 0 unspecified atom stereocenters. The smallest absolute Gasteiger partial charge is 0.261 e. The molecule has 26 heavy (non-hydrogen) atoms. The SMILES string of the molecule is CCc1cccc(C)c1NS(=O)(=O)c1ccc(-c2nc(C)oc2C)cc1. The molecule has 0 saturated heterocycles. The number of nitrogens with zero attached hydrogens (tertiary/aromatic N) is 1. The van der Waals surface area contributed by atoms with E-state index in [-0.39, 0.29) is 4.90 Å². The van der Waals surface area contributed by atoms with E-state index in [0.29, 0.717) is 17.3 Å². The number of aromatic nitrogens is 1. The fraction of sp³-hybridized carbons (Fsp3) is 0.250. The molecule has 0 aliphatic rings. The Morgan fingerprint density at radius 1 is 1.04 bits per heavy atom. The maximum atomic E-state index is 12.8. The first-order valence-electron chi connectivity index (χ1n) is 8.47. The van der Waals surface area contributed by atoms with E-state index >= 15 is 0 Å². The molecule has 0 saturated carbocycles. The van der Waals surface area contributed by atoms with Crippen LogP contribution in [-0.2, 0) is 16.4 Å². The maximum absolute atomic E-state index is 12.8. The summed E-state index contributed by atoms with van der Waals surface area (Å²) in [5, 5.41) is 0. The number of sulfonamides is 1. The molecular weight excluding hydrogens is 348 g/mol. The zero-order valence-electron chi connectivity index (χ0n) is 15.3. The number of rotatable bonds is 5. The van der Waals surface area contributed by atoms with E-state index < -0.39 is 10.0 Å². The Balaban J connectivity index is 1.92. The van der Waals surface area contributed by atoms with E-state index in [9.17, 15) is 8.42 Å². The number of nitrogens with one attached hydrogen (secondary N) is 1. The van der Waals surface area contributed by atoms with Crippen LogP contribution in [0, 0.1) is 20.8 Å². The van der Waals surface area contributed by atoms with Gasteiger partial charge in [-0.05, 0) is 43.5 Å². The lowest BCUT2D eigenvalue weighted by atomic mass is 10.1. The van der Waals surface area contributed by atoms with Crippen molar-refractivity contribution in [1.29, 1.82) is 0 Å². The van der Waals surface area contributed by atoms with Crippen molar-refractivity contribution in [2.75, 3.05) is 4.72 Å². The summed E-state index contributed by atoms with van der Waals surface area (Å²) in [4.78, 5) is 4.56. The molecule has 1 N–H and O–H groups in total. The van der Waals surface area contributed by atoms with Gasteiger partial charge in [0.05, 0.1) is 10.6 Å². The lowest BCUT2D eigenvalue weighted by Crippen LogP contribution is -2.15. The van der Waals surface area contributed by atoms with Crippen molar-refractivity contribution in [3.05, 3.63) is 65.2 Å². The Bertz CT molecular complexity index is 1040.